The Morgan fingerprint density at radius 2 is 1.82 bits per heavy atom. The van der Waals surface area contributed by atoms with Gasteiger partial charge < -0.3 is 25.0 Å². The van der Waals surface area contributed by atoms with Gasteiger partial charge in [-0.05, 0) is 55.4 Å². The predicted octanol–water partition coefficient (Wildman–Crippen LogP) is 2.91. The van der Waals surface area contributed by atoms with Crippen molar-refractivity contribution in [3.63, 3.8) is 0 Å². The number of hydrogen-bond acceptors (Lipinski definition) is 6. The van der Waals surface area contributed by atoms with Crippen LogP contribution in [0.15, 0.2) is 48.5 Å². The van der Waals surface area contributed by atoms with Crippen molar-refractivity contribution in [3.05, 3.63) is 54.1 Å². The van der Waals surface area contributed by atoms with E-state index in [1.807, 2.05) is 0 Å². The highest BCUT2D eigenvalue weighted by atomic mass is 19.4. The summed E-state index contributed by atoms with van der Waals surface area (Å²) in [6.45, 7) is 4.57. The van der Waals surface area contributed by atoms with Crippen molar-refractivity contribution < 1.29 is 37.0 Å². The Morgan fingerprint density at radius 1 is 1.08 bits per heavy atom. The van der Waals surface area contributed by atoms with Gasteiger partial charge in [-0.2, -0.15) is 13.2 Å². The summed E-state index contributed by atoms with van der Waals surface area (Å²) >= 11 is 0. The van der Waals surface area contributed by atoms with Crippen LogP contribution in [0.4, 0.5) is 24.5 Å². The van der Waals surface area contributed by atoms with E-state index in [0.29, 0.717) is 18.0 Å². The zero-order valence-electron chi connectivity index (χ0n) is 21.3. The maximum atomic E-state index is 12.8. The van der Waals surface area contributed by atoms with Gasteiger partial charge in [-0.15, -0.1) is 0 Å². The Balaban J connectivity index is 1.20. The minimum absolute atomic E-state index is 0.0111. The van der Waals surface area contributed by atoms with Crippen LogP contribution in [-0.2, 0) is 25.3 Å². The zero-order chi connectivity index (χ0) is 27.8. The summed E-state index contributed by atoms with van der Waals surface area (Å²) in [5, 5.41) is 5.31. The molecule has 1 atom stereocenters. The summed E-state index contributed by atoms with van der Waals surface area (Å²) in [5.74, 6) is -1.00. The number of nitrogens with one attached hydrogen (secondary N) is 2. The van der Waals surface area contributed by atoms with Crippen LogP contribution < -0.4 is 20.3 Å². The minimum Gasteiger partial charge on any atom is -0.484 e. The summed E-state index contributed by atoms with van der Waals surface area (Å²) in [6.07, 6.45) is -3.55. The van der Waals surface area contributed by atoms with E-state index in [0.717, 1.165) is 51.4 Å². The molecule has 0 aliphatic carbocycles. The summed E-state index contributed by atoms with van der Waals surface area (Å²) in [6, 6.07) is 10.8. The molecule has 0 spiro atoms. The number of carbonyl (C=O) groups is 3. The number of amides is 3. The lowest BCUT2D eigenvalue weighted by atomic mass is 10.1. The van der Waals surface area contributed by atoms with E-state index in [1.54, 1.807) is 29.2 Å². The van der Waals surface area contributed by atoms with Gasteiger partial charge in [-0.1, -0.05) is 6.07 Å². The Bertz CT molecular complexity index is 1150. The van der Waals surface area contributed by atoms with Crippen LogP contribution in [0, 0.1) is 5.92 Å². The molecule has 2 aromatic rings. The molecule has 9 nitrogen and oxygen atoms in total. The summed E-state index contributed by atoms with van der Waals surface area (Å²) < 4.78 is 49.3. The predicted molar refractivity (Wildman–Crippen MR) is 137 cm³/mol. The maximum absolute atomic E-state index is 12.8. The van der Waals surface area contributed by atoms with Crippen molar-refractivity contribution in [2.75, 3.05) is 62.8 Å². The highest BCUT2D eigenvalue weighted by molar-refractivity contribution is 6.00. The average molecular weight is 549 g/mol. The van der Waals surface area contributed by atoms with Gasteiger partial charge in [0.25, 0.3) is 5.91 Å². The number of morpholine rings is 1. The van der Waals surface area contributed by atoms with E-state index in [1.165, 1.54) is 12.1 Å². The topological polar surface area (TPSA) is 100 Å². The highest BCUT2D eigenvalue weighted by Gasteiger charge is 2.35. The van der Waals surface area contributed by atoms with Crippen LogP contribution in [0.1, 0.15) is 18.4 Å². The molecule has 2 aliphatic rings. The molecule has 0 saturated carbocycles. The van der Waals surface area contributed by atoms with Crippen LogP contribution >= 0.6 is 0 Å². The maximum Gasteiger partial charge on any atom is 0.416 e. The largest absolute Gasteiger partial charge is 0.484 e. The number of anilines is 2. The van der Waals surface area contributed by atoms with Crippen LogP contribution in [-0.4, -0.2) is 75.2 Å². The first-order valence-corrected chi connectivity index (χ1v) is 12.8. The fourth-order valence-electron chi connectivity index (χ4n) is 4.46. The molecule has 0 aromatic heterocycles. The van der Waals surface area contributed by atoms with Crippen molar-refractivity contribution in [1.29, 1.82) is 0 Å². The normalized spacial score (nSPS) is 18.2. The van der Waals surface area contributed by atoms with Crippen molar-refractivity contribution in [2.45, 2.75) is 19.0 Å². The molecule has 2 fully saturated rings. The molecule has 210 valence electrons. The third kappa shape index (κ3) is 8.17. The molecule has 4 rings (SSSR count). The van der Waals surface area contributed by atoms with Gasteiger partial charge in [-0.3, -0.25) is 19.3 Å². The monoisotopic (exact) mass is 548 g/mol. The van der Waals surface area contributed by atoms with Crippen molar-refractivity contribution in [3.8, 4) is 5.75 Å². The molecular weight excluding hydrogens is 517 g/mol. The Hall–Kier alpha value is -3.64. The fourth-order valence-corrected chi connectivity index (χ4v) is 4.46. The minimum atomic E-state index is -4.51. The van der Waals surface area contributed by atoms with E-state index >= 15 is 0 Å². The number of alkyl halides is 3. The third-order valence-electron chi connectivity index (χ3n) is 6.54. The number of halogens is 3. The molecule has 3 amide bonds. The average Bonchev–Trinajstić information content (AvgIpc) is 3.32. The SMILES string of the molecule is O=C(COc1ccc(N2C[C@@H](C(=O)NCCCN3CCOCC3)CC2=O)cc1)Nc1cccc(C(F)(F)F)c1. The molecule has 2 heterocycles. The quantitative estimate of drug-likeness (QED) is 0.443. The van der Waals surface area contributed by atoms with Crippen molar-refractivity contribution >= 4 is 29.1 Å². The molecule has 0 unspecified atom stereocenters. The molecule has 2 aromatic carbocycles. The van der Waals surface area contributed by atoms with Crippen LogP contribution in [0.25, 0.3) is 0 Å². The van der Waals surface area contributed by atoms with E-state index < -0.39 is 30.2 Å². The number of benzene rings is 2. The van der Waals surface area contributed by atoms with Gasteiger partial charge in [0, 0.05) is 44.0 Å². The standard InChI is InChI=1S/C27H31F3N4O5/c28-27(29,30)20-3-1-4-21(16-20)32-24(35)18-39-23-7-5-22(6-8-23)34-17-19(15-25(34)36)26(37)31-9-2-10-33-11-13-38-14-12-33/h1,3-8,16,19H,2,9-15,17-18H2,(H,31,37)(H,32,35)/t19-/m0/s1. The van der Waals surface area contributed by atoms with Gasteiger partial charge >= 0.3 is 6.18 Å². The van der Waals surface area contributed by atoms with Gasteiger partial charge in [0.15, 0.2) is 6.61 Å². The molecular formula is C27H31F3N4O5. The van der Waals surface area contributed by atoms with Gasteiger partial charge in [0.2, 0.25) is 11.8 Å². The Morgan fingerprint density at radius 3 is 2.54 bits per heavy atom. The highest BCUT2D eigenvalue weighted by Crippen LogP contribution is 2.31. The lowest BCUT2D eigenvalue weighted by molar-refractivity contribution is -0.137. The van der Waals surface area contributed by atoms with E-state index in [2.05, 4.69) is 15.5 Å². The molecule has 12 heteroatoms. The van der Waals surface area contributed by atoms with E-state index in [4.69, 9.17) is 9.47 Å². The molecule has 2 aliphatic heterocycles. The van der Waals surface area contributed by atoms with Crippen molar-refractivity contribution in [2.24, 2.45) is 5.92 Å². The molecule has 0 radical (unpaired) electrons. The molecule has 2 N–H and O–H groups in total. The van der Waals surface area contributed by atoms with Gasteiger partial charge in [-0.25, -0.2) is 0 Å². The lowest BCUT2D eigenvalue weighted by Crippen LogP contribution is -2.39. The second-order valence-electron chi connectivity index (χ2n) is 9.41. The Kier molecular flexibility index (Phi) is 9.41. The first kappa shape index (κ1) is 28.4. The number of nitrogens with zero attached hydrogens (tertiary/aromatic N) is 2. The molecule has 39 heavy (non-hydrogen) atoms. The third-order valence-corrected chi connectivity index (χ3v) is 6.54. The van der Waals surface area contributed by atoms with Gasteiger partial charge in [0.1, 0.15) is 5.75 Å². The second kappa shape index (κ2) is 12.9. The Labute approximate surface area is 224 Å². The number of carbonyl (C=O) groups excluding carboxylic acids is 3. The summed E-state index contributed by atoms with van der Waals surface area (Å²) in [7, 11) is 0. The second-order valence-corrected chi connectivity index (χ2v) is 9.41. The van der Waals surface area contributed by atoms with Crippen LogP contribution in [0.5, 0.6) is 5.75 Å². The summed E-state index contributed by atoms with van der Waals surface area (Å²) in [5.41, 5.74) is -0.253. The van der Waals surface area contributed by atoms with Crippen LogP contribution in [0.2, 0.25) is 0 Å². The lowest BCUT2D eigenvalue weighted by Gasteiger charge is -2.26. The fraction of sp³-hybridized carbons (Fsp3) is 0.444. The van der Waals surface area contributed by atoms with E-state index in [9.17, 15) is 27.6 Å². The number of hydrogen-bond donors (Lipinski definition) is 2. The first-order valence-electron chi connectivity index (χ1n) is 12.8. The van der Waals surface area contributed by atoms with Crippen molar-refractivity contribution in [1.82, 2.24) is 10.2 Å². The first-order chi connectivity index (χ1) is 18.7. The van der Waals surface area contributed by atoms with Crippen LogP contribution in [0.3, 0.4) is 0 Å². The molecule has 2 saturated heterocycles. The number of rotatable bonds is 10. The van der Waals surface area contributed by atoms with E-state index in [-0.39, 0.29) is 30.5 Å². The zero-order valence-corrected chi connectivity index (χ0v) is 21.3. The smallest absolute Gasteiger partial charge is 0.416 e. The number of ether oxygens (including phenoxy) is 2. The molecule has 0 bridgehead atoms. The van der Waals surface area contributed by atoms with Gasteiger partial charge in [0.05, 0.1) is 24.7 Å². The summed E-state index contributed by atoms with van der Waals surface area (Å²) in [4.78, 5) is 41.1.